The van der Waals surface area contributed by atoms with Gasteiger partial charge >= 0.3 is 0 Å². The van der Waals surface area contributed by atoms with Gasteiger partial charge in [-0.3, -0.25) is 4.79 Å². The molecule has 0 bridgehead atoms. The summed E-state index contributed by atoms with van der Waals surface area (Å²) in [5.74, 6) is -0.00396. The number of carbonyl (C=O) groups is 1. The first-order valence-electron chi connectivity index (χ1n) is 7.22. The molecule has 0 radical (unpaired) electrons. The standard InChI is InChI=1S/C16H14ClN3OS/c17-11-5-7-20-12(9-11)10-13(18-20)16(21)19-6-1-3-14(19)15-4-2-8-22-15/h2,4-5,7-10,14H,1,3,6H2. The van der Waals surface area contributed by atoms with E-state index in [4.69, 9.17) is 11.6 Å². The lowest BCUT2D eigenvalue weighted by molar-refractivity contribution is 0.0731. The summed E-state index contributed by atoms with van der Waals surface area (Å²) in [5, 5.41) is 7.09. The van der Waals surface area contributed by atoms with Crippen molar-refractivity contribution in [2.75, 3.05) is 6.54 Å². The zero-order valence-corrected chi connectivity index (χ0v) is 13.3. The third-order valence-electron chi connectivity index (χ3n) is 4.03. The Hall–Kier alpha value is -1.85. The van der Waals surface area contributed by atoms with Crippen molar-refractivity contribution in [3.05, 3.63) is 57.5 Å². The van der Waals surface area contributed by atoms with Crippen LogP contribution in [0.3, 0.4) is 0 Å². The van der Waals surface area contributed by atoms with Gasteiger partial charge in [-0.25, -0.2) is 4.52 Å². The lowest BCUT2D eigenvalue weighted by Gasteiger charge is -2.22. The van der Waals surface area contributed by atoms with Crippen molar-refractivity contribution in [1.29, 1.82) is 0 Å². The summed E-state index contributed by atoms with van der Waals surface area (Å²) in [6.07, 6.45) is 3.83. The number of hydrogen-bond donors (Lipinski definition) is 0. The van der Waals surface area contributed by atoms with E-state index >= 15 is 0 Å². The van der Waals surface area contributed by atoms with Crippen molar-refractivity contribution in [3.8, 4) is 0 Å². The predicted molar refractivity (Wildman–Crippen MR) is 87.5 cm³/mol. The normalized spacial score (nSPS) is 18.2. The van der Waals surface area contributed by atoms with E-state index in [2.05, 4.69) is 16.5 Å². The molecule has 1 saturated heterocycles. The molecular weight excluding hydrogens is 318 g/mol. The molecule has 0 saturated carbocycles. The Morgan fingerprint density at radius 1 is 1.36 bits per heavy atom. The van der Waals surface area contributed by atoms with Crippen LogP contribution in [0.1, 0.15) is 34.2 Å². The number of pyridine rings is 1. The van der Waals surface area contributed by atoms with E-state index in [-0.39, 0.29) is 11.9 Å². The Balaban J connectivity index is 1.67. The summed E-state index contributed by atoms with van der Waals surface area (Å²) in [6.45, 7) is 0.788. The van der Waals surface area contributed by atoms with Crippen molar-refractivity contribution < 1.29 is 4.79 Å². The van der Waals surface area contributed by atoms with Crippen LogP contribution >= 0.6 is 22.9 Å². The van der Waals surface area contributed by atoms with E-state index < -0.39 is 0 Å². The Kier molecular flexibility index (Phi) is 3.39. The van der Waals surface area contributed by atoms with Gasteiger partial charge in [0.15, 0.2) is 5.69 Å². The predicted octanol–water partition coefficient (Wildman–Crippen LogP) is 4.03. The van der Waals surface area contributed by atoms with Crippen LogP contribution in [0.25, 0.3) is 5.52 Å². The van der Waals surface area contributed by atoms with Gasteiger partial charge in [0.2, 0.25) is 0 Å². The van der Waals surface area contributed by atoms with E-state index in [1.807, 2.05) is 17.0 Å². The molecule has 0 aromatic carbocycles. The number of halogens is 1. The van der Waals surface area contributed by atoms with Gasteiger partial charge in [-0.05, 0) is 42.5 Å². The molecule has 0 spiro atoms. The van der Waals surface area contributed by atoms with E-state index in [9.17, 15) is 4.79 Å². The lowest BCUT2D eigenvalue weighted by atomic mass is 10.2. The van der Waals surface area contributed by atoms with Crippen molar-refractivity contribution >= 4 is 34.4 Å². The molecule has 3 aromatic rings. The topological polar surface area (TPSA) is 37.6 Å². The fraction of sp³-hybridized carbons (Fsp3) is 0.250. The Morgan fingerprint density at radius 3 is 3.09 bits per heavy atom. The molecule has 4 rings (SSSR count). The van der Waals surface area contributed by atoms with Gasteiger partial charge in [-0.15, -0.1) is 11.3 Å². The van der Waals surface area contributed by atoms with Gasteiger partial charge in [0.25, 0.3) is 5.91 Å². The summed E-state index contributed by atoms with van der Waals surface area (Å²) >= 11 is 7.70. The average molecular weight is 332 g/mol. The fourth-order valence-corrected chi connectivity index (χ4v) is 4.05. The first-order chi connectivity index (χ1) is 10.7. The van der Waals surface area contributed by atoms with Gasteiger partial charge in [-0.1, -0.05) is 17.7 Å². The Labute approximate surface area is 136 Å². The maximum atomic E-state index is 12.8. The molecule has 4 heterocycles. The number of hydrogen-bond acceptors (Lipinski definition) is 3. The van der Waals surface area contributed by atoms with Crippen molar-refractivity contribution in [3.63, 3.8) is 0 Å². The number of aromatic nitrogens is 2. The molecule has 22 heavy (non-hydrogen) atoms. The number of carbonyl (C=O) groups excluding carboxylic acids is 1. The first-order valence-corrected chi connectivity index (χ1v) is 8.47. The maximum absolute atomic E-state index is 12.8. The molecule has 3 aromatic heterocycles. The minimum absolute atomic E-state index is 0.00396. The number of nitrogens with zero attached hydrogens (tertiary/aromatic N) is 3. The summed E-state index contributed by atoms with van der Waals surface area (Å²) < 4.78 is 1.69. The molecule has 1 fully saturated rings. The fourth-order valence-electron chi connectivity index (χ4n) is 3.01. The summed E-state index contributed by atoms with van der Waals surface area (Å²) in [4.78, 5) is 16.0. The highest BCUT2D eigenvalue weighted by atomic mass is 35.5. The zero-order chi connectivity index (χ0) is 15.1. The highest BCUT2D eigenvalue weighted by Crippen LogP contribution is 2.35. The van der Waals surface area contributed by atoms with Gasteiger partial charge in [0.1, 0.15) is 0 Å². The SMILES string of the molecule is O=C(c1cc2cc(Cl)ccn2n1)N1CCCC1c1cccs1. The zero-order valence-electron chi connectivity index (χ0n) is 11.8. The number of fused-ring (bicyclic) bond motifs is 1. The van der Waals surface area contributed by atoms with Crippen LogP contribution in [0, 0.1) is 0 Å². The van der Waals surface area contributed by atoms with Gasteiger partial charge in [0.05, 0.1) is 11.6 Å². The Bertz CT molecular complexity index is 827. The maximum Gasteiger partial charge on any atom is 0.274 e. The van der Waals surface area contributed by atoms with Crippen LogP contribution in [0.2, 0.25) is 5.02 Å². The highest BCUT2D eigenvalue weighted by Gasteiger charge is 2.32. The van der Waals surface area contributed by atoms with E-state index in [1.165, 1.54) is 4.88 Å². The molecule has 1 atom stereocenters. The minimum Gasteiger partial charge on any atom is -0.329 e. The molecule has 6 heteroatoms. The lowest BCUT2D eigenvalue weighted by Crippen LogP contribution is -2.30. The minimum atomic E-state index is -0.00396. The second-order valence-corrected chi connectivity index (χ2v) is 6.83. The first kappa shape index (κ1) is 13.8. The second kappa shape index (κ2) is 5.41. The van der Waals surface area contributed by atoms with Gasteiger partial charge in [-0.2, -0.15) is 5.10 Å². The monoisotopic (exact) mass is 331 g/mol. The van der Waals surface area contributed by atoms with Crippen LogP contribution in [-0.4, -0.2) is 27.0 Å². The molecule has 112 valence electrons. The highest BCUT2D eigenvalue weighted by molar-refractivity contribution is 7.10. The van der Waals surface area contributed by atoms with Crippen molar-refractivity contribution in [2.45, 2.75) is 18.9 Å². The molecule has 1 aliphatic heterocycles. The number of likely N-dealkylation sites (tertiary alicyclic amines) is 1. The van der Waals surface area contributed by atoms with Crippen LogP contribution < -0.4 is 0 Å². The third-order valence-corrected chi connectivity index (χ3v) is 5.24. The molecule has 1 amide bonds. The molecule has 0 aliphatic carbocycles. The average Bonchev–Trinajstić information content (AvgIpc) is 3.24. The van der Waals surface area contributed by atoms with E-state index in [1.54, 1.807) is 34.2 Å². The van der Waals surface area contributed by atoms with Crippen molar-refractivity contribution in [2.24, 2.45) is 0 Å². The van der Waals surface area contributed by atoms with Crippen LogP contribution in [0.5, 0.6) is 0 Å². The molecular formula is C16H14ClN3OS. The Morgan fingerprint density at radius 2 is 2.27 bits per heavy atom. The quantitative estimate of drug-likeness (QED) is 0.711. The second-order valence-electron chi connectivity index (χ2n) is 5.42. The summed E-state index contributed by atoms with van der Waals surface area (Å²) in [5.41, 5.74) is 1.31. The molecule has 4 nitrogen and oxygen atoms in total. The largest absolute Gasteiger partial charge is 0.329 e. The van der Waals surface area contributed by atoms with Crippen LogP contribution in [0.4, 0.5) is 0 Å². The van der Waals surface area contributed by atoms with Gasteiger partial charge in [0, 0.05) is 22.6 Å². The smallest absolute Gasteiger partial charge is 0.274 e. The summed E-state index contributed by atoms with van der Waals surface area (Å²) in [7, 11) is 0. The number of amides is 1. The molecule has 1 unspecified atom stereocenters. The third kappa shape index (κ3) is 2.30. The van der Waals surface area contributed by atoms with Crippen LogP contribution in [0.15, 0.2) is 41.9 Å². The number of rotatable bonds is 2. The van der Waals surface area contributed by atoms with Gasteiger partial charge < -0.3 is 4.90 Å². The summed E-state index contributed by atoms with van der Waals surface area (Å²) in [6, 6.07) is 9.70. The van der Waals surface area contributed by atoms with E-state index in [0.717, 1.165) is 24.9 Å². The van der Waals surface area contributed by atoms with Crippen molar-refractivity contribution in [1.82, 2.24) is 14.5 Å². The van der Waals surface area contributed by atoms with Crippen LogP contribution in [-0.2, 0) is 0 Å². The molecule has 0 N–H and O–H groups in total. The number of thiophene rings is 1. The van der Waals surface area contributed by atoms with E-state index in [0.29, 0.717) is 10.7 Å². The molecule has 1 aliphatic rings.